The van der Waals surface area contributed by atoms with E-state index in [9.17, 15) is 9.59 Å². The predicted molar refractivity (Wildman–Crippen MR) is 105 cm³/mol. The van der Waals surface area contributed by atoms with Crippen LogP contribution in [0, 0.1) is 5.92 Å². The Bertz CT molecular complexity index is 750. The maximum atomic E-state index is 12.0. The summed E-state index contributed by atoms with van der Waals surface area (Å²) in [5, 5.41) is 17.1. The number of hydrogen-bond acceptors (Lipinski definition) is 8. The van der Waals surface area contributed by atoms with Crippen LogP contribution in [0.15, 0.2) is 27.2 Å². The molecule has 2 atom stereocenters. The van der Waals surface area contributed by atoms with Crippen LogP contribution in [-0.2, 0) is 11.3 Å². The highest BCUT2D eigenvalue weighted by atomic mass is 32.2. The molecule has 3 N–H and O–H groups in total. The van der Waals surface area contributed by atoms with E-state index >= 15 is 0 Å². The number of thioether (sulfide) groups is 1. The number of aromatic nitrogens is 2. The maximum Gasteiger partial charge on any atom is 0.321 e. The van der Waals surface area contributed by atoms with E-state index in [-0.39, 0.29) is 17.7 Å². The van der Waals surface area contributed by atoms with Gasteiger partial charge in [0, 0.05) is 6.04 Å². The van der Waals surface area contributed by atoms with Crippen molar-refractivity contribution in [1.82, 2.24) is 20.8 Å². The Morgan fingerprint density at radius 3 is 2.96 bits per heavy atom. The molecule has 2 aromatic rings. The van der Waals surface area contributed by atoms with E-state index in [1.807, 2.05) is 12.1 Å². The van der Waals surface area contributed by atoms with E-state index in [0.29, 0.717) is 21.9 Å². The largest absolute Gasteiger partial charge is 0.467 e. The molecule has 1 fully saturated rings. The second-order valence-electron chi connectivity index (χ2n) is 6.48. The molecule has 8 nitrogen and oxygen atoms in total. The van der Waals surface area contributed by atoms with Crippen molar-refractivity contribution in [2.75, 3.05) is 11.1 Å². The summed E-state index contributed by atoms with van der Waals surface area (Å²) in [6.45, 7) is 2.65. The number of hydrogen-bond donors (Lipinski definition) is 3. The molecule has 0 radical (unpaired) electrons. The summed E-state index contributed by atoms with van der Waals surface area (Å²) in [5.74, 6) is 1.02. The zero-order valence-corrected chi connectivity index (χ0v) is 16.7. The van der Waals surface area contributed by atoms with Crippen LogP contribution < -0.4 is 16.0 Å². The highest BCUT2D eigenvalue weighted by molar-refractivity contribution is 8.01. The van der Waals surface area contributed by atoms with E-state index in [0.717, 1.165) is 25.0 Å². The lowest BCUT2D eigenvalue weighted by atomic mass is 9.86. The fraction of sp³-hybridized carbons (Fsp3) is 0.529. The molecule has 0 unspecified atom stereocenters. The van der Waals surface area contributed by atoms with Crippen molar-refractivity contribution in [2.45, 2.75) is 49.5 Å². The van der Waals surface area contributed by atoms with Crippen molar-refractivity contribution in [1.29, 1.82) is 0 Å². The van der Waals surface area contributed by atoms with Crippen LogP contribution in [0.4, 0.5) is 9.93 Å². The van der Waals surface area contributed by atoms with Gasteiger partial charge in [-0.3, -0.25) is 10.1 Å². The molecule has 10 heteroatoms. The zero-order valence-electron chi connectivity index (χ0n) is 15.1. The molecule has 2 heterocycles. The molecule has 3 amide bonds. The standard InChI is InChI=1S/C17H23N5O3S2/c1-11-5-2-3-7-13(11)19-15(24)20-14(23)10-26-17-22-21-16(27-17)18-9-12-6-4-8-25-12/h4,6,8,11,13H,2-3,5,7,9-10H2,1H3,(H,18,21)(H2,19,20,23,24)/t11-,13-/m0/s1. The minimum Gasteiger partial charge on any atom is -0.467 e. The summed E-state index contributed by atoms with van der Waals surface area (Å²) in [4.78, 5) is 24.0. The van der Waals surface area contributed by atoms with Gasteiger partial charge in [-0.15, -0.1) is 10.2 Å². The lowest BCUT2D eigenvalue weighted by Gasteiger charge is -2.29. The molecule has 1 aliphatic carbocycles. The van der Waals surface area contributed by atoms with Crippen molar-refractivity contribution in [3.63, 3.8) is 0 Å². The molecule has 146 valence electrons. The van der Waals surface area contributed by atoms with Crippen molar-refractivity contribution < 1.29 is 14.0 Å². The Labute approximate surface area is 165 Å². The maximum absolute atomic E-state index is 12.0. The molecular weight excluding hydrogens is 386 g/mol. The van der Waals surface area contributed by atoms with Crippen LogP contribution in [0.25, 0.3) is 0 Å². The number of amides is 3. The van der Waals surface area contributed by atoms with Crippen LogP contribution in [0.2, 0.25) is 0 Å². The second-order valence-corrected chi connectivity index (χ2v) is 8.68. The molecular formula is C17H23N5O3S2. The summed E-state index contributed by atoms with van der Waals surface area (Å²) in [6, 6.07) is 3.41. The highest BCUT2D eigenvalue weighted by Crippen LogP contribution is 2.26. The number of urea groups is 1. The first-order valence-electron chi connectivity index (χ1n) is 8.93. The van der Waals surface area contributed by atoms with Crippen molar-refractivity contribution in [2.24, 2.45) is 5.92 Å². The molecule has 0 spiro atoms. The normalized spacial score (nSPS) is 19.4. The molecule has 0 saturated heterocycles. The first-order chi connectivity index (χ1) is 13.1. The van der Waals surface area contributed by atoms with Gasteiger partial charge in [-0.2, -0.15) is 0 Å². The average Bonchev–Trinajstić information content (AvgIpc) is 3.32. The number of nitrogens with one attached hydrogen (secondary N) is 3. The average molecular weight is 410 g/mol. The van der Waals surface area contributed by atoms with Gasteiger partial charge in [-0.05, 0) is 30.9 Å². The fourth-order valence-corrected chi connectivity index (χ4v) is 4.49. The van der Waals surface area contributed by atoms with Crippen molar-refractivity contribution in [3.8, 4) is 0 Å². The van der Waals surface area contributed by atoms with Gasteiger partial charge in [-0.1, -0.05) is 42.9 Å². The number of anilines is 1. The van der Waals surface area contributed by atoms with Crippen LogP contribution in [0.3, 0.4) is 0 Å². The monoisotopic (exact) mass is 409 g/mol. The topological polar surface area (TPSA) is 109 Å². The van der Waals surface area contributed by atoms with Gasteiger partial charge in [-0.25, -0.2) is 4.79 Å². The van der Waals surface area contributed by atoms with Gasteiger partial charge in [0.1, 0.15) is 5.76 Å². The van der Waals surface area contributed by atoms with E-state index in [4.69, 9.17) is 4.42 Å². The van der Waals surface area contributed by atoms with Crippen LogP contribution in [0.1, 0.15) is 38.4 Å². The number of nitrogens with zero attached hydrogens (tertiary/aromatic N) is 2. The number of carbonyl (C=O) groups is 2. The third-order valence-electron chi connectivity index (χ3n) is 4.41. The molecule has 27 heavy (non-hydrogen) atoms. The number of furan rings is 1. The Hall–Kier alpha value is -2.07. The quantitative estimate of drug-likeness (QED) is 0.602. The smallest absolute Gasteiger partial charge is 0.321 e. The highest BCUT2D eigenvalue weighted by Gasteiger charge is 2.23. The SMILES string of the molecule is C[C@H]1CCCC[C@@H]1NC(=O)NC(=O)CSc1nnc(NCc2ccco2)s1. The lowest BCUT2D eigenvalue weighted by Crippen LogP contribution is -2.48. The third-order valence-corrected chi connectivity index (χ3v) is 6.42. The van der Waals surface area contributed by atoms with Gasteiger partial charge in [0.25, 0.3) is 0 Å². The molecule has 3 rings (SSSR count). The number of rotatable bonds is 7. The Morgan fingerprint density at radius 1 is 1.33 bits per heavy atom. The van der Waals surface area contributed by atoms with E-state index in [2.05, 4.69) is 33.1 Å². The summed E-state index contributed by atoms with van der Waals surface area (Å²) in [6.07, 6.45) is 6.02. The third kappa shape index (κ3) is 6.24. The Balaban J connectivity index is 1.36. The summed E-state index contributed by atoms with van der Waals surface area (Å²) >= 11 is 2.60. The first kappa shape index (κ1) is 19.7. The summed E-state index contributed by atoms with van der Waals surface area (Å²) in [5.41, 5.74) is 0. The minimum atomic E-state index is -0.419. The van der Waals surface area contributed by atoms with Crippen molar-refractivity contribution in [3.05, 3.63) is 24.2 Å². The molecule has 2 aromatic heterocycles. The molecule has 1 saturated carbocycles. The fourth-order valence-electron chi connectivity index (χ4n) is 2.94. The van der Waals surface area contributed by atoms with Crippen molar-refractivity contribution >= 4 is 40.2 Å². The molecule has 0 aromatic carbocycles. The second kappa shape index (κ2) is 9.75. The number of imide groups is 1. The van der Waals surface area contributed by atoms with Gasteiger partial charge in [0.05, 0.1) is 18.6 Å². The predicted octanol–water partition coefficient (Wildman–Crippen LogP) is 3.24. The molecule has 1 aliphatic rings. The Kier molecular flexibility index (Phi) is 7.11. The Morgan fingerprint density at radius 2 is 2.19 bits per heavy atom. The minimum absolute atomic E-state index is 0.112. The van der Waals surface area contributed by atoms with E-state index in [1.165, 1.54) is 29.5 Å². The zero-order chi connectivity index (χ0) is 19.1. The van der Waals surface area contributed by atoms with Gasteiger partial charge in [0.15, 0.2) is 4.34 Å². The summed E-state index contributed by atoms with van der Waals surface area (Å²) in [7, 11) is 0. The molecule has 0 aliphatic heterocycles. The first-order valence-corrected chi connectivity index (χ1v) is 10.7. The summed E-state index contributed by atoms with van der Waals surface area (Å²) < 4.78 is 5.90. The van der Waals surface area contributed by atoms with Crippen LogP contribution in [-0.4, -0.2) is 33.9 Å². The molecule has 0 bridgehead atoms. The van der Waals surface area contributed by atoms with Gasteiger partial charge < -0.3 is 15.1 Å². The number of carbonyl (C=O) groups excluding carboxylic acids is 2. The lowest BCUT2D eigenvalue weighted by molar-refractivity contribution is -0.117. The van der Waals surface area contributed by atoms with Gasteiger partial charge in [0.2, 0.25) is 11.0 Å². The van der Waals surface area contributed by atoms with Gasteiger partial charge >= 0.3 is 6.03 Å². The van der Waals surface area contributed by atoms with E-state index < -0.39 is 6.03 Å². The van der Waals surface area contributed by atoms with E-state index in [1.54, 1.807) is 6.26 Å². The van der Waals surface area contributed by atoms with Crippen LogP contribution >= 0.6 is 23.1 Å². The van der Waals surface area contributed by atoms with Crippen LogP contribution in [0.5, 0.6) is 0 Å².